The van der Waals surface area contributed by atoms with Crippen molar-refractivity contribution in [2.75, 3.05) is 11.9 Å². The number of unbranched alkanes of at least 4 members (excludes halogenated alkanes) is 3. The van der Waals surface area contributed by atoms with E-state index in [2.05, 4.69) is 12.2 Å². The van der Waals surface area contributed by atoms with Crippen LogP contribution in [-0.4, -0.2) is 12.5 Å². The third-order valence-corrected chi connectivity index (χ3v) is 5.07. The number of benzene rings is 3. The van der Waals surface area contributed by atoms with E-state index in [0.29, 0.717) is 33.7 Å². The van der Waals surface area contributed by atoms with E-state index in [1.165, 1.54) is 12.8 Å². The molecule has 0 fully saturated rings. The third kappa shape index (κ3) is 5.18. The molecule has 1 N–H and O–H groups in total. The molecule has 0 heterocycles. The summed E-state index contributed by atoms with van der Waals surface area (Å²) in [5.74, 6) is 0.163. The number of amides is 1. The lowest BCUT2D eigenvalue weighted by Crippen LogP contribution is -2.12. The molecule has 3 aromatic rings. The second kappa shape index (κ2) is 9.81. The topological polar surface area (TPSA) is 38.3 Å². The monoisotopic (exact) mass is 415 g/mol. The van der Waals surface area contributed by atoms with Crippen molar-refractivity contribution in [2.45, 2.75) is 32.6 Å². The lowest BCUT2D eigenvalue weighted by molar-refractivity contribution is 0.102. The highest BCUT2D eigenvalue weighted by molar-refractivity contribution is 6.37. The van der Waals surface area contributed by atoms with Gasteiger partial charge in [-0.3, -0.25) is 4.79 Å². The molecule has 0 aromatic heterocycles. The number of carbonyl (C=O) groups excluding carboxylic acids is 1. The van der Waals surface area contributed by atoms with Crippen LogP contribution in [0, 0.1) is 0 Å². The number of hydrogen-bond donors (Lipinski definition) is 1. The van der Waals surface area contributed by atoms with Gasteiger partial charge in [0.15, 0.2) is 5.75 Å². The maximum Gasteiger partial charge on any atom is 0.255 e. The lowest BCUT2D eigenvalue weighted by atomic mass is 10.1. The van der Waals surface area contributed by atoms with Crippen LogP contribution in [0.2, 0.25) is 10.0 Å². The quantitative estimate of drug-likeness (QED) is 0.390. The minimum Gasteiger partial charge on any atom is -0.490 e. The van der Waals surface area contributed by atoms with E-state index < -0.39 is 0 Å². The summed E-state index contributed by atoms with van der Waals surface area (Å²) >= 11 is 12.6. The van der Waals surface area contributed by atoms with Crippen molar-refractivity contribution in [3.05, 3.63) is 70.2 Å². The highest BCUT2D eigenvalue weighted by Crippen LogP contribution is 2.34. The molecule has 0 spiro atoms. The highest BCUT2D eigenvalue weighted by atomic mass is 35.5. The summed E-state index contributed by atoms with van der Waals surface area (Å²) in [6.45, 7) is 2.72. The zero-order valence-electron chi connectivity index (χ0n) is 15.8. The van der Waals surface area contributed by atoms with Gasteiger partial charge in [0, 0.05) is 11.3 Å². The van der Waals surface area contributed by atoms with E-state index in [0.717, 1.165) is 23.6 Å². The number of anilines is 1. The number of rotatable bonds is 8. The molecule has 146 valence electrons. The number of hydrogen-bond acceptors (Lipinski definition) is 2. The minimum atomic E-state index is -0.270. The van der Waals surface area contributed by atoms with E-state index in [4.69, 9.17) is 27.9 Å². The van der Waals surface area contributed by atoms with Gasteiger partial charge in [-0.2, -0.15) is 0 Å². The fourth-order valence-corrected chi connectivity index (χ4v) is 3.60. The Morgan fingerprint density at radius 1 is 0.929 bits per heavy atom. The second-order valence-electron chi connectivity index (χ2n) is 6.69. The molecule has 3 nitrogen and oxygen atoms in total. The predicted octanol–water partition coefficient (Wildman–Crippen LogP) is 7.36. The normalized spacial score (nSPS) is 10.8. The Labute approximate surface area is 175 Å². The Morgan fingerprint density at radius 3 is 2.36 bits per heavy atom. The minimum absolute atomic E-state index is 0.270. The zero-order chi connectivity index (χ0) is 19.9. The molecule has 0 aliphatic rings. The first-order valence-electron chi connectivity index (χ1n) is 9.50. The number of nitrogens with one attached hydrogen (secondary N) is 1. The van der Waals surface area contributed by atoms with E-state index in [1.807, 2.05) is 42.5 Å². The van der Waals surface area contributed by atoms with Gasteiger partial charge < -0.3 is 10.1 Å². The van der Waals surface area contributed by atoms with Crippen LogP contribution in [0.25, 0.3) is 10.8 Å². The molecular weight excluding hydrogens is 393 g/mol. The molecule has 0 saturated heterocycles. The Balaban J connectivity index is 1.69. The first-order valence-corrected chi connectivity index (χ1v) is 10.3. The van der Waals surface area contributed by atoms with Crippen molar-refractivity contribution in [1.29, 1.82) is 0 Å². The Kier molecular flexibility index (Phi) is 7.18. The fourth-order valence-electron chi connectivity index (χ4n) is 3.00. The molecule has 5 heteroatoms. The second-order valence-corrected chi connectivity index (χ2v) is 7.51. The molecule has 0 aliphatic carbocycles. The van der Waals surface area contributed by atoms with Crippen LogP contribution in [-0.2, 0) is 0 Å². The zero-order valence-corrected chi connectivity index (χ0v) is 17.3. The highest BCUT2D eigenvalue weighted by Gasteiger charge is 2.14. The van der Waals surface area contributed by atoms with Crippen molar-refractivity contribution >= 4 is 45.6 Å². The van der Waals surface area contributed by atoms with Crippen LogP contribution in [0.4, 0.5) is 5.69 Å². The summed E-state index contributed by atoms with van der Waals surface area (Å²) in [6.07, 6.45) is 4.41. The smallest absolute Gasteiger partial charge is 0.255 e. The van der Waals surface area contributed by atoms with Crippen LogP contribution in [0.5, 0.6) is 5.75 Å². The summed E-state index contributed by atoms with van der Waals surface area (Å²) in [5, 5.41) is 5.75. The van der Waals surface area contributed by atoms with E-state index in [-0.39, 0.29) is 5.91 Å². The lowest BCUT2D eigenvalue weighted by Gasteiger charge is -2.12. The molecule has 0 aliphatic heterocycles. The maximum atomic E-state index is 12.6. The van der Waals surface area contributed by atoms with E-state index in [9.17, 15) is 4.79 Å². The summed E-state index contributed by atoms with van der Waals surface area (Å²) in [4.78, 5) is 12.6. The molecule has 3 rings (SSSR count). The Bertz CT molecular complexity index is 949. The number of carbonyl (C=O) groups is 1. The SMILES string of the molecule is CCCCCCOc1c(Cl)cc(C(=O)Nc2ccc3ccccc3c2)cc1Cl. The summed E-state index contributed by atoms with van der Waals surface area (Å²) < 4.78 is 5.72. The summed E-state index contributed by atoms with van der Waals surface area (Å²) in [5.41, 5.74) is 1.11. The van der Waals surface area contributed by atoms with Crippen molar-refractivity contribution in [1.82, 2.24) is 0 Å². The summed E-state index contributed by atoms with van der Waals surface area (Å²) in [7, 11) is 0. The number of ether oxygens (including phenoxy) is 1. The van der Waals surface area contributed by atoms with Crippen LogP contribution in [0.1, 0.15) is 43.0 Å². The van der Waals surface area contributed by atoms with Crippen LogP contribution >= 0.6 is 23.2 Å². The van der Waals surface area contributed by atoms with Gasteiger partial charge in [0.05, 0.1) is 16.7 Å². The molecule has 1 amide bonds. The standard InChI is InChI=1S/C23H23Cl2NO2/c1-2-3-4-7-12-28-22-20(24)14-18(15-21(22)25)23(27)26-19-11-10-16-8-5-6-9-17(16)13-19/h5-6,8-11,13-15H,2-4,7,12H2,1H3,(H,26,27). The number of halogens is 2. The van der Waals surface area contributed by atoms with Crippen LogP contribution in [0.15, 0.2) is 54.6 Å². The van der Waals surface area contributed by atoms with Gasteiger partial charge in [-0.1, -0.05) is 79.7 Å². The fraction of sp³-hybridized carbons (Fsp3) is 0.261. The van der Waals surface area contributed by atoms with Crippen molar-refractivity contribution < 1.29 is 9.53 Å². The van der Waals surface area contributed by atoms with Gasteiger partial charge in [-0.25, -0.2) is 0 Å². The average Bonchev–Trinajstić information content (AvgIpc) is 2.69. The van der Waals surface area contributed by atoms with Crippen molar-refractivity contribution in [2.24, 2.45) is 0 Å². The van der Waals surface area contributed by atoms with Crippen LogP contribution < -0.4 is 10.1 Å². The molecule has 3 aromatic carbocycles. The van der Waals surface area contributed by atoms with Gasteiger partial charge in [0.1, 0.15) is 0 Å². The van der Waals surface area contributed by atoms with Gasteiger partial charge in [0.2, 0.25) is 0 Å². The first kappa shape index (κ1) is 20.5. The van der Waals surface area contributed by atoms with E-state index in [1.54, 1.807) is 12.1 Å². The molecule has 0 bridgehead atoms. The van der Waals surface area contributed by atoms with Crippen LogP contribution in [0.3, 0.4) is 0 Å². The number of fused-ring (bicyclic) bond motifs is 1. The van der Waals surface area contributed by atoms with Gasteiger partial charge in [0.25, 0.3) is 5.91 Å². The largest absolute Gasteiger partial charge is 0.490 e. The predicted molar refractivity (Wildman–Crippen MR) is 118 cm³/mol. The molecule has 0 radical (unpaired) electrons. The van der Waals surface area contributed by atoms with Crippen molar-refractivity contribution in [3.8, 4) is 5.75 Å². The Hall–Kier alpha value is -2.23. The van der Waals surface area contributed by atoms with E-state index >= 15 is 0 Å². The van der Waals surface area contributed by atoms with Crippen molar-refractivity contribution in [3.63, 3.8) is 0 Å². The third-order valence-electron chi connectivity index (χ3n) is 4.51. The molecule has 0 atom stereocenters. The first-order chi connectivity index (χ1) is 13.6. The maximum absolute atomic E-state index is 12.6. The Morgan fingerprint density at radius 2 is 1.64 bits per heavy atom. The molecule has 0 unspecified atom stereocenters. The molecule has 28 heavy (non-hydrogen) atoms. The van der Waals surface area contributed by atoms with Gasteiger partial charge in [-0.15, -0.1) is 0 Å². The van der Waals surface area contributed by atoms with Gasteiger partial charge in [-0.05, 0) is 41.5 Å². The average molecular weight is 416 g/mol. The molecular formula is C23H23Cl2NO2. The summed E-state index contributed by atoms with van der Waals surface area (Å²) in [6, 6.07) is 16.9. The molecule has 0 saturated carbocycles. The van der Waals surface area contributed by atoms with Gasteiger partial charge >= 0.3 is 0 Å².